The Balaban J connectivity index is 1.84. The molecule has 0 bridgehead atoms. The van der Waals surface area contributed by atoms with Gasteiger partial charge in [0, 0.05) is 19.8 Å². The Morgan fingerprint density at radius 2 is 2.33 bits per heavy atom. The van der Waals surface area contributed by atoms with Crippen LogP contribution in [0.5, 0.6) is 0 Å². The Hall–Kier alpha value is -1.89. The summed E-state index contributed by atoms with van der Waals surface area (Å²) < 4.78 is 6.60. The molecule has 2 aromatic rings. The molecule has 0 saturated heterocycles. The van der Waals surface area contributed by atoms with Crippen molar-refractivity contribution in [3.63, 3.8) is 0 Å². The van der Waals surface area contributed by atoms with Gasteiger partial charge in [-0.2, -0.15) is 9.61 Å². The van der Waals surface area contributed by atoms with Crippen LogP contribution in [0.1, 0.15) is 19.8 Å². The third kappa shape index (κ3) is 3.07. The van der Waals surface area contributed by atoms with Crippen LogP contribution < -0.4 is 11.0 Å². The molecule has 0 unspecified atom stereocenters. The maximum atomic E-state index is 11.3. The van der Waals surface area contributed by atoms with Gasteiger partial charge in [0.25, 0.3) is 0 Å². The van der Waals surface area contributed by atoms with Crippen LogP contribution in [0.3, 0.4) is 0 Å². The van der Waals surface area contributed by atoms with Crippen LogP contribution in [0.25, 0.3) is 5.65 Å². The predicted octanol–water partition coefficient (Wildman–Crippen LogP) is 0.646. The molecule has 0 aliphatic heterocycles. The van der Waals surface area contributed by atoms with Crippen molar-refractivity contribution in [3.8, 4) is 0 Å². The fraction of sp³-hybridized carbons (Fsp3) is 0.545. The van der Waals surface area contributed by atoms with E-state index < -0.39 is 0 Å². The summed E-state index contributed by atoms with van der Waals surface area (Å²) in [4.78, 5) is 11.3. The van der Waals surface area contributed by atoms with E-state index in [1.165, 1.54) is 4.52 Å². The van der Waals surface area contributed by atoms with Gasteiger partial charge >= 0.3 is 5.69 Å². The van der Waals surface area contributed by atoms with Gasteiger partial charge < -0.3 is 10.1 Å². The molecule has 98 valence electrons. The second-order valence-corrected chi connectivity index (χ2v) is 3.91. The Kier molecular flexibility index (Phi) is 4.30. The van der Waals surface area contributed by atoms with Crippen LogP contribution in [0, 0.1) is 0 Å². The van der Waals surface area contributed by atoms with Gasteiger partial charge in [0.1, 0.15) is 5.82 Å². The maximum Gasteiger partial charge on any atom is 0.364 e. The van der Waals surface area contributed by atoms with Gasteiger partial charge in [0.2, 0.25) is 0 Å². The number of hydrogen-bond acceptors (Lipinski definition) is 5. The number of rotatable bonds is 7. The van der Waals surface area contributed by atoms with Crippen LogP contribution in [0.15, 0.2) is 16.9 Å². The van der Waals surface area contributed by atoms with Crippen LogP contribution in [-0.4, -0.2) is 39.6 Å². The quantitative estimate of drug-likeness (QED) is 0.706. The Bertz CT molecular complexity index is 548. The minimum absolute atomic E-state index is 0.333. The number of aromatic nitrogens is 4. The average molecular weight is 251 g/mol. The highest BCUT2D eigenvalue weighted by Crippen LogP contribution is 2.02. The highest BCUT2D eigenvalue weighted by molar-refractivity contribution is 5.42. The molecule has 0 saturated carbocycles. The first-order chi connectivity index (χ1) is 8.81. The zero-order valence-corrected chi connectivity index (χ0v) is 10.3. The molecule has 0 amide bonds. The van der Waals surface area contributed by atoms with Crippen molar-refractivity contribution in [3.05, 3.63) is 22.6 Å². The molecule has 0 aromatic carbocycles. The topological polar surface area (TPSA) is 84.3 Å². The fourth-order valence-corrected chi connectivity index (χ4v) is 1.53. The molecule has 18 heavy (non-hydrogen) atoms. The zero-order chi connectivity index (χ0) is 12.8. The van der Waals surface area contributed by atoms with E-state index in [0.29, 0.717) is 11.5 Å². The normalized spacial score (nSPS) is 10.9. The third-order valence-electron chi connectivity index (χ3n) is 2.39. The van der Waals surface area contributed by atoms with Crippen LogP contribution in [0.4, 0.5) is 5.82 Å². The second kappa shape index (κ2) is 6.15. The first-order valence-electron chi connectivity index (χ1n) is 6.07. The van der Waals surface area contributed by atoms with Crippen molar-refractivity contribution in [2.24, 2.45) is 0 Å². The number of fused-ring (bicyclic) bond motifs is 1. The molecule has 0 spiro atoms. The molecular formula is C11H17N5O2. The Labute approximate surface area is 104 Å². The zero-order valence-electron chi connectivity index (χ0n) is 10.3. The molecule has 7 nitrogen and oxygen atoms in total. The molecule has 2 N–H and O–H groups in total. The van der Waals surface area contributed by atoms with Crippen LogP contribution >= 0.6 is 0 Å². The van der Waals surface area contributed by atoms with Crippen molar-refractivity contribution in [1.82, 2.24) is 19.8 Å². The molecular weight excluding hydrogens is 234 g/mol. The van der Waals surface area contributed by atoms with E-state index in [1.807, 2.05) is 0 Å². The standard InChI is InChI=1S/C11H17N5O2/c1-2-7-18-8-3-6-12-9-4-5-10-13-14-11(17)16(10)15-9/h4-5H,2-3,6-8H2,1H3,(H,12,15)(H,14,17). The van der Waals surface area contributed by atoms with Gasteiger partial charge in [-0.05, 0) is 25.0 Å². The fourth-order valence-electron chi connectivity index (χ4n) is 1.53. The minimum Gasteiger partial charge on any atom is -0.381 e. The summed E-state index contributed by atoms with van der Waals surface area (Å²) in [5.41, 5.74) is 0.178. The number of aromatic amines is 1. The molecule has 0 aliphatic rings. The monoisotopic (exact) mass is 251 g/mol. The van der Waals surface area contributed by atoms with Gasteiger partial charge in [0.05, 0.1) is 0 Å². The molecule has 2 heterocycles. The van der Waals surface area contributed by atoms with E-state index in [2.05, 4.69) is 27.5 Å². The van der Waals surface area contributed by atoms with Gasteiger partial charge in [-0.25, -0.2) is 9.89 Å². The second-order valence-electron chi connectivity index (χ2n) is 3.91. The molecule has 7 heteroatoms. The van der Waals surface area contributed by atoms with E-state index in [4.69, 9.17) is 4.74 Å². The van der Waals surface area contributed by atoms with Crippen molar-refractivity contribution < 1.29 is 4.74 Å². The summed E-state index contributed by atoms with van der Waals surface area (Å²) in [5, 5.41) is 13.4. The Morgan fingerprint density at radius 1 is 1.44 bits per heavy atom. The molecule has 0 aliphatic carbocycles. The molecule has 0 fully saturated rings. The van der Waals surface area contributed by atoms with E-state index >= 15 is 0 Å². The summed E-state index contributed by atoms with van der Waals surface area (Å²) in [6.07, 6.45) is 1.94. The third-order valence-corrected chi connectivity index (χ3v) is 2.39. The van der Waals surface area contributed by atoms with Crippen molar-refractivity contribution in [1.29, 1.82) is 0 Å². The van der Waals surface area contributed by atoms with Gasteiger partial charge in [-0.15, -0.1) is 5.10 Å². The molecule has 0 radical (unpaired) electrons. The Morgan fingerprint density at radius 3 is 3.17 bits per heavy atom. The van der Waals surface area contributed by atoms with E-state index in [-0.39, 0.29) is 5.69 Å². The predicted molar refractivity (Wildman–Crippen MR) is 67.8 cm³/mol. The van der Waals surface area contributed by atoms with Gasteiger partial charge in [-0.3, -0.25) is 0 Å². The molecule has 2 rings (SSSR count). The first kappa shape index (κ1) is 12.6. The van der Waals surface area contributed by atoms with E-state index in [1.54, 1.807) is 12.1 Å². The largest absolute Gasteiger partial charge is 0.381 e. The lowest BCUT2D eigenvalue weighted by Gasteiger charge is -2.05. The number of nitrogens with one attached hydrogen (secondary N) is 2. The summed E-state index contributed by atoms with van der Waals surface area (Å²) in [7, 11) is 0. The smallest absolute Gasteiger partial charge is 0.364 e. The molecule has 2 aromatic heterocycles. The molecule has 0 atom stereocenters. The van der Waals surface area contributed by atoms with Crippen molar-refractivity contribution >= 4 is 11.5 Å². The first-order valence-corrected chi connectivity index (χ1v) is 6.07. The lowest BCUT2D eigenvalue weighted by Crippen LogP contribution is -2.14. The highest BCUT2D eigenvalue weighted by Gasteiger charge is 2.01. The maximum absolute atomic E-state index is 11.3. The highest BCUT2D eigenvalue weighted by atomic mass is 16.5. The lowest BCUT2D eigenvalue weighted by atomic mass is 10.4. The summed E-state index contributed by atoms with van der Waals surface area (Å²) in [5.74, 6) is 0.654. The summed E-state index contributed by atoms with van der Waals surface area (Å²) in [6, 6.07) is 3.53. The summed E-state index contributed by atoms with van der Waals surface area (Å²) in [6.45, 7) is 4.37. The minimum atomic E-state index is -0.333. The number of nitrogens with zero attached hydrogens (tertiary/aromatic N) is 3. The van der Waals surface area contributed by atoms with E-state index in [9.17, 15) is 4.79 Å². The van der Waals surface area contributed by atoms with Crippen LogP contribution in [-0.2, 0) is 4.74 Å². The summed E-state index contributed by atoms with van der Waals surface area (Å²) >= 11 is 0. The van der Waals surface area contributed by atoms with Gasteiger partial charge in [-0.1, -0.05) is 6.92 Å². The van der Waals surface area contributed by atoms with Crippen LogP contribution in [0.2, 0.25) is 0 Å². The van der Waals surface area contributed by atoms with Crippen molar-refractivity contribution in [2.45, 2.75) is 19.8 Å². The SMILES string of the molecule is CCCOCCCNc1ccc2n[nH]c(=O)n2n1. The van der Waals surface area contributed by atoms with E-state index in [0.717, 1.165) is 32.6 Å². The number of ether oxygens (including phenoxy) is 1. The van der Waals surface area contributed by atoms with Crippen molar-refractivity contribution in [2.75, 3.05) is 25.1 Å². The number of anilines is 1. The van der Waals surface area contributed by atoms with Gasteiger partial charge in [0.15, 0.2) is 5.65 Å². The number of hydrogen-bond donors (Lipinski definition) is 2. The lowest BCUT2D eigenvalue weighted by molar-refractivity contribution is 0.134. The number of H-pyrrole nitrogens is 1. The average Bonchev–Trinajstić information content (AvgIpc) is 2.75.